The Balaban J connectivity index is 2.08. The lowest BCUT2D eigenvalue weighted by Crippen LogP contribution is -3.06. The largest absolute Gasteiger partial charge is 0.497 e. The Labute approximate surface area is 163 Å². The first-order chi connectivity index (χ1) is 13.4. The summed E-state index contributed by atoms with van der Waals surface area (Å²) in [5.41, 5.74) is -1.18. The highest BCUT2D eigenvalue weighted by atomic mass is 16.5. The lowest BCUT2D eigenvalue weighted by atomic mass is 9.94. The van der Waals surface area contributed by atoms with Crippen LogP contribution >= 0.6 is 0 Å². The van der Waals surface area contributed by atoms with Gasteiger partial charge in [-0.05, 0) is 18.2 Å². The Kier molecular flexibility index (Phi) is 5.53. The van der Waals surface area contributed by atoms with Gasteiger partial charge in [-0.15, -0.1) is 0 Å². The van der Waals surface area contributed by atoms with Crippen LogP contribution in [0.25, 0.3) is 0 Å². The summed E-state index contributed by atoms with van der Waals surface area (Å²) in [4.78, 5) is 28.2. The van der Waals surface area contributed by atoms with Gasteiger partial charge in [0.25, 0.3) is 11.6 Å². The molecule has 1 atom stereocenters. The molecule has 1 unspecified atom stereocenters. The van der Waals surface area contributed by atoms with Crippen LogP contribution in [0, 0.1) is 0 Å². The van der Waals surface area contributed by atoms with Gasteiger partial charge in [0, 0.05) is 11.6 Å². The zero-order valence-corrected chi connectivity index (χ0v) is 16.2. The molecule has 0 aromatic heterocycles. The molecule has 148 valence electrons. The fourth-order valence-corrected chi connectivity index (χ4v) is 3.16. The van der Waals surface area contributed by atoms with Crippen molar-refractivity contribution in [3.05, 3.63) is 54.1 Å². The van der Waals surface area contributed by atoms with Crippen LogP contribution in [0.1, 0.15) is 5.56 Å². The van der Waals surface area contributed by atoms with Crippen LogP contribution in [0.4, 0.5) is 16.2 Å². The van der Waals surface area contributed by atoms with Gasteiger partial charge >= 0.3 is 6.03 Å². The Morgan fingerprint density at radius 1 is 1.25 bits per heavy atom. The third-order valence-electron chi connectivity index (χ3n) is 4.61. The molecule has 2 aromatic carbocycles. The van der Waals surface area contributed by atoms with Crippen LogP contribution in [-0.4, -0.2) is 51.3 Å². The first-order valence-corrected chi connectivity index (χ1v) is 9.02. The number of likely N-dealkylation sites (N-methyl/N-ethyl adjacent to an activating group) is 1. The maximum absolute atomic E-state index is 13.1. The molecule has 0 spiro atoms. The first-order valence-electron chi connectivity index (χ1n) is 9.02. The lowest BCUT2D eigenvalue weighted by molar-refractivity contribution is -0.856. The number of benzene rings is 2. The molecule has 0 saturated carbocycles. The van der Waals surface area contributed by atoms with Gasteiger partial charge in [-0.3, -0.25) is 9.69 Å². The number of rotatable bonds is 6. The summed E-state index contributed by atoms with van der Waals surface area (Å²) in [6.45, 7) is 1.04. The van der Waals surface area contributed by atoms with Crippen molar-refractivity contribution >= 4 is 23.3 Å². The number of hydrogen-bond acceptors (Lipinski definition) is 4. The van der Waals surface area contributed by atoms with E-state index in [0.29, 0.717) is 35.8 Å². The van der Waals surface area contributed by atoms with Crippen LogP contribution < -0.4 is 25.2 Å². The molecule has 0 saturated heterocycles. The molecule has 8 nitrogen and oxygen atoms in total. The molecular formula is C20H25N4O4+. The summed E-state index contributed by atoms with van der Waals surface area (Å²) < 4.78 is 5.23. The van der Waals surface area contributed by atoms with Gasteiger partial charge in [-0.25, -0.2) is 4.79 Å². The van der Waals surface area contributed by atoms with Crippen molar-refractivity contribution in [2.45, 2.75) is 5.72 Å². The highest BCUT2D eigenvalue weighted by Crippen LogP contribution is 2.40. The summed E-state index contributed by atoms with van der Waals surface area (Å²) in [7, 11) is 5.44. The molecule has 28 heavy (non-hydrogen) atoms. The second kappa shape index (κ2) is 7.87. The second-order valence-electron chi connectivity index (χ2n) is 6.90. The predicted octanol–water partition coefficient (Wildman–Crippen LogP) is 0.153. The van der Waals surface area contributed by atoms with E-state index in [-0.39, 0.29) is 0 Å². The van der Waals surface area contributed by atoms with Crippen molar-refractivity contribution in [3.63, 3.8) is 0 Å². The minimum absolute atomic E-state index is 0.298. The Morgan fingerprint density at radius 2 is 2.00 bits per heavy atom. The van der Waals surface area contributed by atoms with E-state index in [4.69, 9.17) is 4.74 Å². The smallest absolute Gasteiger partial charge is 0.329 e. The number of amides is 3. The highest BCUT2D eigenvalue weighted by Gasteiger charge is 2.51. The number of anilines is 2. The number of methoxy groups -OCH3 is 1. The molecule has 2 aromatic rings. The van der Waals surface area contributed by atoms with Crippen molar-refractivity contribution in [1.82, 2.24) is 5.32 Å². The Hall–Kier alpha value is -3.10. The number of para-hydroxylation sites is 1. The molecule has 3 amide bonds. The number of carbonyl (C=O) groups excluding carboxylic acids is 2. The van der Waals surface area contributed by atoms with Crippen LogP contribution in [-0.2, 0) is 10.5 Å². The number of urea groups is 1. The number of hydrogen-bond donors (Lipinski definition) is 4. The normalized spacial score (nSPS) is 18.5. The molecule has 1 aliphatic heterocycles. The average molecular weight is 385 g/mol. The fraction of sp³-hybridized carbons (Fsp3) is 0.300. The lowest BCUT2D eigenvalue weighted by Gasteiger charge is -2.42. The van der Waals surface area contributed by atoms with Gasteiger partial charge in [0.2, 0.25) is 0 Å². The monoisotopic (exact) mass is 385 g/mol. The second-order valence-corrected chi connectivity index (χ2v) is 6.90. The number of nitrogens with zero attached hydrogens (tertiary/aromatic N) is 1. The van der Waals surface area contributed by atoms with Crippen LogP contribution in [0.15, 0.2) is 48.5 Å². The number of carbonyl (C=O) groups is 2. The summed E-state index contributed by atoms with van der Waals surface area (Å²) in [5.74, 6) is -0.165. The molecule has 0 radical (unpaired) electrons. The minimum atomic E-state index is -2.20. The van der Waals surface area contributed by atoms with Crippen molar-refractivity contribution in [2.75, 3.05) is 44.5 Å². The van der Waals surface area contributed by atoms with Crippen molar-refractivity contribution in [1.29, 1.82) is 0 Å². The van der Waals surface area contributed by atoms with Gasteiger partial charge in [0.05, 0.1) is 45.7 Å². The van der Waals surface area contributed by atoms with E-state index in [2.05, 4.69) is 10.6 Å². The molecule has 0 bridgehead atoms. The number of aliphatic hydroxyl groups is 1. The van der Waals surface area contributed by atoms with Crippen LogP contribution in [0.3, 0.4) is 0 Å². The van der Waals surface area contributed by atoms with E-state index in [1.807, 2.05) is 14.1 Å². The molecule has 0 fully saturated rings. The molecule has 0 aliphatic carbocycles. The third kappa shape index (κ3) is 3.51. The molecule has 1 heterocycles. The van der Waals surface area contributed by atoms with E-state index >= 15 is 0 Å². The van der Waals surface area contributed by atoms with E-state index < -0.39 is 17.7 Å². The number of ether oxygens (including phenoxy) is 1. The Bertz CT molecular complexity index is 886. The van der Waals surface area contributed by atoms with E-state index in [1.165, 1.54) is 7.11 Å². The minimum Gasteiger partial charge on any atom is -0.497 e. The van der Waals surface area contributed by atoms with Crippen LogP contribution in [0.2, 0.25) is 0 Å². The Morgan fingerprint density at radius 3 is 2.71 bits per heavy atom. The number of quaternary nitrogens is 1. The maximum atomic E-state index is 13.1. The molecule has 4 N–H and O–H groups in total. The van der Waals surface area contributed by atoms with Crippen molar-refractivity contribution < 1.29 is 24.3 Å². The van der Waals surface area contributed by atoms with Crippen molar-refractivity contribution in [3.8, 4) is 5.75 Å². The molecule has 1 aliphatic rings. The summed E-state index contributed by atoms with van der Waals surface area (Å²) >= 11 is 0. The van der Waals surface area contributed by atoms with Gasteiger partial charge < -0.3 is 25.4 Å². The third-order valence-corrected chi connectivity index (χ3v) is 4.61. The summed E-state index contributed by atoms with van der Waals surface area (Å²) in [6, 6.07) is 12.7. The van der Waals surface area contributed by atoms with Crippen molar-refractivity contribution in [2.24, 2.45) is 0 Å². The fourth-order valence-electron chi connectivity index (χ4n) is 3.16. The van der Waals surface area contributed by atoms with Gasteiger partial charge in [0.15, 0.2) is 0 Å². The highest BCUT2D eigenvalue weighted by molar-refractivity contribution is 6.11. The van der Waals surface area contributed by atoms with E-state index in [0.717, 1.165) is 9.80 Å². The summed E-state index contributed by atoms with van der Waals surface area (Å²) in [6.07, 6.45) is 0. The molecular weight excluding hydrogens is 360 g/mol. The standard InChI is InChI=1S/C20H24N4O4/c1-23(2)12-11-21-18(25)20(27)16-9-4-5-10-17(16)22-19(26)24(20)14-7-6-8-15(13-14)28-3/h4-10,13,27H,11-12H2,1-3H3,(H,21,25)(H,22,26)/p+1. The number of nitrogens with one attached hydrogen (secondary N) is 3. The first kappa shape index (κ1) is 19.7. The summed E-state index contributed by atoms with van der Waals surface area (Å²) in [5, 5.41) is 17.1. The number of fused-ring (bicyclic) bond motifs is 1. The predicted molar refractivity (Wildman–Crippen MR) is 106 cm³/mol. The van der Waals surface area contributed by atoms with E-state index in [1.54, 1.807) is 48.5 Å². The maximum Gasteiger partial charge on any atom is 0.329 e. The zero-order chi connectivity index (χ0) is 20.3. The zero-order valence-electron chi connectivity index (χ0n) is 16.2. The van der Waals surface area contributed by atoms with Gasteiger partial charge in [0.1, 0.15) is 5.75 Å². The molecule has 3 rings (SSSR count). The van der Waals surface area contributed by atoms with Gasteiger partial charge in [-0.2, -0.15) is 0 Å². The van der Waals surface area contributed by atoms with Crippen LogP contribution in [0.5, 0.6) is 5.75 Å². The SMILES string of the molecule is COc1cccc(N2C(=O)Nc3ccccc3C2(O)C(=O)NCC[NH+](C)C)c1. The topological polar surface area (TPSA) is 95.3 Å². The van der Waals surface area contributed by atoms with Gasteiger partial charge in [-0.1, -0.05) is 24.3 Å². The van der Waals surface area contributed by atoms with E-state index in [9.17, 15) is 14.7 Å². The average Bonchev–Trinajstić information content (AvgIpc) is 2.67. The molecule has 8 heteroatoms. The quantitative estimate of drug-likeness (QED) is 0.569.